The highest BCUT2D eigenvalue weighted by Crippen LogP contribution is 2.08. The number of benzene rings is 1. The van der Waals surface area contributed by atoms with Crippen molar-refractivity contribution in [3.8, 4) is 0 Å². The van der Waals surface area contributed by atoms with E-state index in [4.69, 9.17) is 5.11 Å². The van der Waals surface area contributed by atoms with Gasteiger partial charge in [0.15, 0.2) is 5.82 Å². The van der Waals surface area contributed by atoms with Crippen molar-refractivity contribution in [3.63, 3.8) is 0 Å². The van der Waals surface area contributed by atoms with E-state index >= 15 is 0 Å². The molecule has 1 heterocycles. The number of nitrogens with zero attached hydrogens (tertiary/aromatic N) is 4. The van der Waals surface area contributed by atoms with Gasteiger partial charge in [-0.3, -0.25) is 4.79 Å². The van der Waals surface area contributed by atoms with Gasteiger partial charge < -0.3 is 5.11 Å². The van der Waals surface area contributed by atoms with Crippen molar-refractivity contribution in [2.45, 2.75) is 52.0 Å². The lowest BCUT2D eigenvalue weighted by atomic mass is 10.1. The van der Waals surface area contributed by atoms with E-state index in [-0.39, 0.29) is 6.42 Å². The minimum Gasteiger partial charge on any atom is -0.481 e. The molecule has 6 nitrogen and oxygen atoms in total. The van der Waals surface area contributed by atoms with Crippen LogP contribution in [0.3, 0.4) is 0 Å². The summed E-state index contributed by atoms with van der Waals surface area (Å²) in [6.45, 7) is 2.82. The summed E-state index contributed by atoms with van der Waals surface area (Å²) in [6, 6.07) is 8.49. The summed E-state index contributed by atoms with van der Waals surface area (Å²) in [7, 11) is 0. The maximum Gasteiger partial charge on any atom is 0.303 e. The Balaban J connectivity index is 1.77. The first-order chi connectivity index (χ1) is 10.6. The number of aromatic nitrogens is 4. The minimum absolute atomic E-state index is 0.232. The first kappa shape index (κ1) is 16.1. The fourth-order valence-corrected chi connectivity index (χ4v) is 2.30. The molecule has 0 saturated carbocycles. The second-order valence-corrected chi connectivity index (χ2v) is 5.51. The lowest BCUT2D eigenvalue weighted by molar-refractivity contribution is -0.137. The number of hydrogen-bond donors (Lipinski definition) is 1. The van der Waals surface area contributed by atoms with Crippen molar-refractivity contribution in [3.05, 3.63) is 41.2 Å². The molecule has 1 aromatic heterocycles. The van der Waals surface area contributed by atoms with E-state index in [1.54, 1.807) is 0 Å². The highest BCUT2D eigenvalue weighted by Gasteiger charge is 2.06. The predicted molar refractivity (Wildman–Crippen MR) is 82.5 cm³/mol. The largest absolute Gasteiger partial charge is 0.481 e. The summed E-state index contributed by atoms with van der Waals surface area (Å²) in [5.41, 5.74) is 2.54. The lowest BCUT2D eigenvalue weighted by Crippen LogP contribution is -2.07. The summed E-state index contributed by atoms with van der Waals surface area (Å²) >= 11 is 0. The molecule has 0 spiro atoms. The van der Waals surface area contributed by atoms with Crippen LogP contribution in [0.5, 0.6) is 0 Å². The second-order valence-electron chi connectivity index (χ2n) is 5.51. The fraction of sp³-hybridized carbons (Fsp3) is 0.500. The highest BCUT2D eigenvalue weighted by atomic mass is 16.4. The third kappa shape index (κ3) is 5.27. The lowest BCUT2D eigenvalue weighted by Gasteiger charge is -2.05. The van der Waals surface area contributed by atoms with E-state index < -0.39 is 5.97 Å². The Kier molecular flexibility index (Phi) is 6.06. The number of tetrazole rings is 1. The summed E-state index contributed by atoms with van der Waals surface area (Å²) in [4.78, 5) is 10.4. The van der Waals surface area contributed by atoms with Gasteiger partial charge in [0.25, 0.3) is 0 Å². The third-order valence-electron chi connectivity index (χ3n) is 3.62. The number of hydrogen-bond acceptors (Lipinski definition) is 4. The smallest absolute Gasteiger partial charge is 0.303 e. The monoisotopic (exact) mass is 302 g/mol. The van der Waals surface area contributed by atoms with Gasteiger partial charge in [0.1, 0.15) is 0 Å². The third-order valence-corrected chi connectivity index (χ3v) is 3.62. The zero-order valence-electron chi connectivity index (χ0n) is 12.9. The normalized spacial score (nSPS) is 10.8. The van der Waals surface area contributed by atoms with E-state index in [1.165, 1.54) is 11.1 Å². The number of carboxylic acid groups (broad SMARTS) is 1. The molecular formula is C16H22N4O2. The number of aliphatic carboxylic acids is 1. The first-order valence-corrected chi connectivity index (χ1v) is 7.67. The topological polar surface area (TPSA) is 80.9 Å². The van der Waals surface area contributed by atoms with Crippen LogP contribution in [0.25, 0.3) is 0 Å². The molecule has 118 valence electrons. The summed E-state index contributed by atoms with van der Waals surface area (Å²) < 4.78 is 1.83. The number of carboxylic acids is 1. The first-order valence-electron chi connectivity index (χ1n) is 7.67. The molecule has 0 bridgehead atoms. The van der Waals surface area contributed by atoms with Crippen LogP contribution >= 0.6 is 0 Å². The summed E-state index contributed by atoms with van der Waals surface area (Å²) in [5.74, 6) is 0.153. The van der Waals surface area contributed by atoms with Gasteiger partial charge in [-0.15, -0.1) is 5.10 Å². The van der Waals surface area contributed by atoms with Crippen LogP contribution in [0, 0.1) is 6.92 Å². The van der Waals surface area contributed by atoms with Gasteiger partial charge >= 0.3 is 5.97 Å². The van der Waals surface area contributed by atoms with Crippen LogP contribution in [0.1, 0.15) is 42.6 Å². The molecule has 2 aromatic rings. The summed E-state index contributed by atoms with van der Waals surface area (Å²) in [6.07, 6.45) is 4.44. The Morgan fingerprint density at radius 2 is 1.91 bits per heavy atom. The Morgan fingerprint density at radius 1 is 1.14 bits per heavy atom. The van der Waals surface area contributed by atoms with E-state index in [2.05, 4.69) is 46.7 Å². The molecule has 0 unspecified atom stereocenters. The van der Waals surface area contributed by atoms with Crippen LogP contribution < -0.4 is 0 Å². The average molecular weight is 302 g/mol. The SMILES string of the molecule is Cc1ccc(CCc2nnnn2CCCCCC(=O)O)cc1. The number of unbranched alkanes of at least 4 members (excludes halogenated alkanes) is 2. The number of carbonyl (C=O) groups is 1. The number of rotatable bonds is 9. The molecule has 0 aliphatic heterocycles. The van der Waals surface area contributed by atoms with Crippen LogP contribution in [0.2, 0.25) is 0 Å². The van der Waals surface area contributed by atoms with E-state index in [1.807, 2.05) is 4.68 Å². The number of aryl methyl sites for hydroxylation is 4. The van der Waals surface area contributed by atoms with E-state index in [9.17, 15) is 4.79 Å². The molecule has 0 atom stereocenters. The van der Waals surface area contributed by atoms with Crippen LogP contribution in [-0.4, -0.2) is 31.3 Å². The van der Waals surface area contributed by atoms with Crippen molar-refractivity contribution < 1.29 is 9.90 Å². The van der Waals surface area contributed by atoms with E-state index in [0.29, 0.717) is 6.42 Å². The van der Waals surface area contributed by atoms with Gasteiger partial charge in [0.05, 0.1) is 0 Å². The zero-order valence-corrected chi connectivity index (χ0v) is 12.9. The van der Waals surface area contributed by atoms with Crippen LogP contribution in [0.4, 0.5) is 0 Å². The Bertz CT molecular complexity index is 592. The van der Waals surface area contributed by atoms with Crippen molar-refractivity contribution >= 4 is 5.97 Å². The Labute approximate surface area is 130 Å². The van der Waals surface area contributed by atoms with Gasteiger partial charge in [0, 0.05) is 19.4 Å². The molecule has 1 N–H and O–H groups in total. The summed E-state index contributed by atoms with van der Waals surface area (Å²) in [5, 5.41) is 20.4. The van der Waals surface area contributed by atoms with Gasteiger partial charge in [0.2, 0.25) is 0 Å². The van der Waals surface area contributed by atoms with Gasteiger partial charge in [-0.1, -0.05) is 36.2 Å². The zero-order chi connectivity index (χ0) is 15.8. The minimum atomic E-state index is -0.735. The van der Waals surface area contributed by atoms with Crippen molar-refractivity contribution in [1.29, 1.82) is 0 Å². The van der Waals surface area contributed by atoms with Crippen molar-refractivity contribution in [2.24, 2.45) is 0 Å². The Hall–Kier alpha value is -2.24. The van der Waals surface area contributed by atoms with Crippen molar-refractivity contribution in [2.75, 3.05) is 0 Å². The highest BCUT2D eigenvalue weighted by molar-refractivity contribution is 5.66. The van der Waals surface area contributed by atoms with Crippen molar-refractivity contribution in [1.82, 2.24) is 20.2 Å². The maximum atomic E-state index is 10.4. The van der Waals surface area contributed by atoms with Crippen LogP contribution in [-0.2, 0) is 24.2 Å². The fourth-order valence-electron chi connectivity index (χ4n) is 2.30. The molecule has 0 fully saturated rings. The van der Waals surface area contributed by atoms with Gasteiger partial charge in [-0.25, -0.2) is 4.68 Å². The van der Waals surface area contributed by atoms with Crippen LogP contribution in [0.15, 0.2) is 24.3 Å². The molecule has 0 aliphatic carbocycles. The standard InChI is InChI=1S/C16H22N4O2/c1-13-6-8-14(9-7-13)10-11-15-17-18-19-20(15)12-4-2-3-5-16(21)22/h6-9H,2-5,10-12H2,1H3,(H,21,22). The second kappa shape index (κ2) is 8.26. The molecule has 22 heavy (non-hydrogen) atoms. The molecule has 6 heteroatoms. The molecule has 1 aromatic carbocycles. The molecular weight excluding hydrogens is 280 g/mol. The van der Waals surface area contributed by atoms with Gasteiger partial charge in [-0.2, -0.15) is 0 Å². The predicted octanol–water partition coefficient (Wildman–Crippen LogP) is 2.41. The quantitative estimate of drug-likeness (QED) is 0.719. The molecule has 0 radical (unpaired) electrons. The average Bonchev–Trinajstić information content (AvgIpc) is 2.93. The molecule has 2 rings (SSSR count). The molecule has 0 aliphatic rings. The van der Waals surface area contributed by atoms with E-state index in [0.717, 1.165) is 38.1 Å². The molecule has 0 saturated heterocycles. The molecule has 0 amide bonds. The Morgan fingerprint density at radius 3 is 2.64 bits per heavy atom. The maximum absolute atomic E-state index is 10.4. The van der Waals surface area contributed by atoms with Gasteiger partial charge in [-0.05, 0) is 42.2 Å².